The van der Waals surface area contributed by atoms with Gasteiger partial charge >= 0.3 is 12.1 Å². The minimum Gasteiger partial charge on any atom is -0.466 e. The van der Waals surface area contributed by atoms with Gasteiger partial charge in [0.2, 0.25) is 0 Å². The molecule has 2 aliphatic heterocycles. The van der Waals surface area contributed by atoms with Gasteiger partial charge in [0, 0.05) is 32.7 Å². The van der Waals surface area contributed by atoms with Gasteiger partial charge in [0.1, 0.15) is 0 Å². The van der Waals surface area contributed by atoms with Crippen LogP contribution in [0, 0.1) is 5.41 Å². The monoisotopic (exact) mass is 343 g/mol. The van der Waals surface area contributed by atoms with E-state index in [4.69, 9.17) is 22.1 Å². The Labute approximate surface area is 142 Å². The van der Waals surface area contributed by atoms with Crippen LogP contribution in [0.4, 0.5) is 4.79 Å². The fourth-order valence-electron chi connectivity index (χ4n) is 2.98. The van der Waals surface area contributed by atoms with Gasteiger partial charge in [-0.2, -0.15) is 0 Å². The van der Waals surface area contributed by atoms with E-state index in [9.17, 15) is 9.59 Å². The number of hydrogen-bond donors (Lipinski definition) is 1. The molecule has 0 saturated carbocycles. The summed E-state index contributed by atoms with van der Waals surface area (Å²) in [5, 5.41) is 9.88. The Hall–Kier alpha value is -1.57. The number of fused-ring (bicyclic) bond motifs is 1. The number of ether oxygens (including phenoxy) is 1. The SMILES string of the molecule is CCOC(=O)C(C)(C)CCN1CC2CN(C(=O)O)CCN2C1=S. The van der Waals surface area contributed by atoms with Crippen molar-refractivity contribution in [3.63, 3.8) is 0 Å². The highest BCUT2D eigenvalue weighted by atomic mass is 32.1. The number of amides is 1. The number of nitrogens with zero attached hydrogens (tertiary/aromatic N) is 3. The van der Waals surface area contributed by atoms with E-state index in [1.165, 1.54) is 4.90 Å². The zero-order chi connectivity index (χ0) is 17.2. The molecule has 1 N–H and O–H groups in total. The van der Waals surface area contributed by atoms with Crippen LogP contribution in [0.1, 0.15) is 27.2 Å². The van der Waals surface area contributed by atoms with Gasteiger partial charge in [0.05, 0.1) is 18.1 Å². The molecule has 0 aromatic carbocycles. The van der Waals surface area contributed by atoms with Gasteiger partial charge in [-0.3, -0.25) is 4.79 Å². The molecule has 2 saturated heterocycles. The number of piperazine rings is 1. The lowest BCUT2D eigenvalue weighted by atomic mass is 9.89. The van der Waals surface area contributed by atoms with Crippen LogP contribution >= 0.6 is 12.2 Å². The first kappa shape index (κ1) is 17.8. The molecule has 23 heavy (non-hydrogen) atoms. The molecule has 1 amide bonds. The Balaban J connectivity index is 1.92. The van der Waals surface area contributed by atoms with Crippen LogP contribution < -0.4 is 0 Å². The van der Waals surface area contributed by atoms with Crippen LogP contribution in [0.5, 0.6) is 0 Å². The van der Waals surface area contributed by atoms with E-state index >= 15 is 0 Å². The summed E-state index contributed by atoms with van der Waals surface area (Å²) in [5.74, 6) is -0.195. The van der Waals surface area contributed by atoms with Crippen LogP contribution in [0.25, 0.3) is 0 Å². The lowest BCUT2D eigenvalue weighted by molar-refractivity contribution is -0.153. The molecule has 2 rings (SSSR count). The van der Waals surface area contributed by atoms with Crippen LogP contribution in [0.15, 0.2) is 0 Å². The summed E-state index contributed by atoms with van der Waals surface area (Å²) >= 11 is 5.52. The van der Waals surface area contributed by atoms with E-state index in [-0.39, 0.29) is 12.0 Å². The van der Waals surface area contributed by atoms with Gasteiger partial charge in [-0.1, -0.05) is 0 Å². The minimum atomic E-state index is -0.877. The molecule has 2 heterocycles. The van der Waals surface area contributed by atoms with Gasteiger partial charge in [-0.25, -0.2) is 4.79 Å². The summed E-state index contributed by atoms with van der Waals surface area (Å²) in [6.07, 6.45) is -0.229. The number of carbonyl (C=O) groups is 2. The van der Waals surface area contributed by atoms with Crippen molar-refractivity contribution >= 4 is 29.4 Å². The van der Waals surface area contributed by atoms with Gasteiger partial charge in [0.25, 0.3) is 0 Å². The van der Waals surface area contributed by atoms with Crippen LogP contribution in [-0.4, -0.2) is 82.4 Å². The molecule has 1 atom stereocenters. The van der Waals surface area contributed by atoms with Crippen molar-refractivity contribution < 1.29 is 19.4 Å². The number of carboxylic acid groups (broad SMARTS) is 1. The molecule has 0 aromatic heterocycles. The standard InChI is InChI=1S/C15H25N3O4S/c1-4-22-12(19)15(2,3)5-6-16-9-11-10-17(14(20)21)7-8-18(11)13(16)23/h11H,4-10H2,1-3H3,(H,20,21). The molecule has 130 valence electrons. The Morgan fingerprint density at radius 2 is 2.04 bits per heavy atom. The first-order valence-corrected chi connectivity index (χ1v) is 8.37. The molecule has 2 aliphatic rings. The van der Waals surface area contributed by atoms with Crippen molar-refractivity contribution in [3.05, 3.63) is 0 Å². The second kappa shape index (κ2) is 6.90. The fourth-order valence-corrected chi connectivity index (χ4v) is 3.39. The normalized spacial score (nSPS) is 21.4. The number of thiocarbonyl (C=S) groups is 1. The van der Waals surface area contributed by atoms with Crippen molar-refractivity contribution in [2.24, 2.45) is 5.41 Å². The van der Waals surface area contributed by atoms with Crippen molar-refractivity contribution in [2.75, 3.05) is 39.3 Å². The summed E-state index contributed by atoms with van der Waals surface area (Å²) < 4.78 is 5.11. The first-order chi connectivity index (χ1) is 10.8. The summed E-state index contributed by atoms with van der Waals surface area (Å²) in [7, 11) is 0. The number of hydrogen-bond acceptors (Lipinski definition) is 4. The maximum atomic E-state index is 12.0. The average Bonchev–Trinajstić information content (AvgIpc) is 2.81. The van der Waals surface area contributed by atoms with Crippen molar-refractivity contribution in [3.8, 4) is 0 Å². The minimum absolute atomic E-state index is 0.109. The Bertz CT molecular complexity index is 497. The molecule has 0 aromatic rings. The third kappa shape index (κ3) is 3.85. The Kier molecular flexibility index (Phi) is 5.33. The maximum Gasteiger partial charge on any atom is 0.407 e. The molecule has 0 bridgehead atoms. The molecule has 7 nitrogen and oxygen atoms in total. The van der Waals surface area contributed by atoms with Crippen LogP contribution in [0.3, 0.4) is 0 Å². The molecule has 8 heteroatoms. The van der Waals surface area contributed by atoms with Crippen molar-refractivity contribution in [1.82, 2.24) is 14.7 Å². The molecule has 0 aliphatic carbocycles. The maximum absolute atomic E-state index is 12.0. The highest BCUT2D eigenvalue weighted by molar-refractivity contribution is 7.80. The van der Waals surface area contributed by atoms with E-state index in [1.807, 2.05) is 13.8 Å². The van der Waals surface area contributed by atoms with E-state index in [1.54, 1.807) is 6.92 Å². The van der Waals surface area contributed by atoms with Crippen LogP contribution in [0.2, 0.25) is 0 Å². The highest BCUT2D eigenvalue weighted by Gasteiger charge is 2.40. The summed E-state index contributed by atoms with van der Waals surface area (Å²) in [6, 6.07) is 0.109. The predicted molar refractivity (Wildman–Crippen MR) is 89.3 cm³/mol. The smallest absolute Gasteiger partial charge is 0.407 e. The number of esters is 1. The summed E-state index contributed by atoms with van der Waals surface area (Å²) in [4.78, 5) is 28.7. The third-order valence-electron chi connectivity index (χ3n) is 4.54. The zero-order valence-corrected chi connectivity index (χ0v) is 14.8. The summed E-state index contributed by atoms with van der Waals surface area (Å²) in [6.45, 7) is 8.91. The van der Waals surface area contributed by atoms with E-state index < -0.39 is 11.5 Å². The number of rotatable bonds is 5. The van der Waals surface area contributed by atoms with Gasteiger partial charge in [0.15, 0.2) is 5.11 Å². The Morgan fingerprint density at radius 3 is 2.65 bits per heavy atom. The van der Waals surface area contributed by atoms with Crippen LogP contribution in [-0.2, 0) is 9.53 Å². The lowest BCUT2D eigenvalue weighted by Gasteiger charge is -2.35. The van der Waals surface area contributed by atoms with E-state index in [2.05, 4.69) is 9.80 Å². The predicted octanol–water partition coefficient (Wildman–Crippen LogP) is 1.23. The second-order valence-electron chi connectivity index (χ2n) is 6.66. The lowest BCUT2D eigenvalue weighted by Crippen LogP contribution is -2.53. The van der Waals surface area contributed by atoms with E-state index in [0.717, 1.165) is 5.11 Å². The molecular formula is C15H25N3O4S. The topological polar surface area (TPSA) is 73.3 Å². The zero-order valence-electron chi connectivity index (χ0n) is 13.9. The quantitative estimate of drug-likeness (QED) is 0.594. The third-order valence-corrected chi connectivity index (χ3v) is 5.03. The molecule has 0 spiro atoms. The van der Waals surface area contributed by atoms with Gasteiger partial charge < -0.3 is 24.5 Å². The fraction of sp³-hybridized carbons (Fsp3) is 0.800. The second-order valence-corrected chi connectivity index (χ2v) is 7.02. The highest BCUT2D eigenvalue weighted by Crippen LogP contribution is 2.26. The average molecular weight is 343 g/mol. The van der Waals surface area contributed by atoms with Gasteiger partial charge in [-0.15, -0.1) is 0 Å². The molecule has 1 unspecified atom stereocenters. The van der Waals surface area contributed by atoms with Crippen molar-refractivity contribution in [1.29, 1.82) is 0 Å². The number of carbonyl (C=O) groups excluding carboxylic acids is 1. The molecular weight excluding hydrogens is 318 g/mol. The first-order valence-electron chi connectivity index (χ1n) is 7.97. The molecule has 2 fully saturated rings. The Morgan fingerprint density at radius 1 is 1.35 bits per heavy atom. The van der Waals surface area contributed by atoms with Gasteiger partial charge in [-0.05, 0) is 39.4 Å². The largest absolute Gasteiger partial charge is 0.466 e. The summed E-state index contributed by atoms with van der Waals surface area (Å²) in [5.41, 5.74) is -0.554. The van der Waals surface area contributed by atoms with E-state index in [0.29, 0.717) is 45.8 Å². The molecule has 0 radical (unpaired) electrons. The van der Waals surface area contributed by atoms with Crippen molar-refractivity contribution in [2.45, 2.75) is 33.2 Å².